The van der Waals surface area contributed by atoms with Crippen molar-refractivity contribution in [2.24, 2.45) is 57.2 Å². The van der Waals surface area contributed by atoms with Crippen LogP contribution in [-0.4, -0.2) is 8.07 Å². The van der Waals surface area contributed by atoms with Gasteiger partial charge in [-0.25, -0.2) is 0 Å². The van der Waals surface area contributed by atoms with Crippen molar-refractivity contribution < 1.29 is 0 Å². The van der Waals surface area contributed by atoms with E-state index in [4.69, 9.17) is 0 Å². The average Bonchev–Trinajstić information content (AvgIpc) is 3.64. The van der Waals surface area contributed by atoms with Crippen molar-refractivity contribution >= 4 is 8.07 Å². The second-order valence-electron chi connectivity index (χ2n) is 21.6. The van der Waals surface area contributed by atoms with Gasteiger partial charge in [-0.2, -0.15) is 0 Å². The van der Waals surface area contributed by atoms with Crippen LogP contribution in [0.4, 0.5) is 0 Å². The molecule has 0 bridgehead atoms. The Bertz CT molecular complexity index is 1310. The van der Waals surface area contributed by atoms with Crippen molar-refractivity contribution in [3.8, 4) is 0 Å². The van der Waals surface area contributed by atoms with Gasteiger partial charge in [0.25, 0.3) is 0 Å². The van der Waals surface area contributed by atoms with Crippen molar-refractivity contribution in [2.75, 3.05) is 0 Å². The van der Waals surface area contributed by atoms with Crippen LogP contribution >= 0.6 is 0 Å². The summed E-state index contributed by atoms with van der Waals surface area (Å²) in [5, 5.41) is 0. The molecule has 2 saturated carbocycles. The smallest absolute Gasteiger partial charge is 0.0553 e. The number of hydrogen-bond acceptors (Lipinski definition) is 0. The zero-order valence-electron chi connectivity index (χ0n) is 30.2. The Labute approximate surface area is 266 Å². The second kappa shape index (κ2) is 8.75. The summed E-state index contributed by atoms with van der Waals surface area (Å²) in [6.45, 7) is 32.0. The summed E-state index contributed by atoms with van der Waals surface area (Å²) in [4.78, 5) is 0. The lowest BCUT2D eigenvalue weighted by molar-refractivity contribution is 0.348. The standard InChI is InChI=1S/C42H64Si/c1-23-13-25-27-15-39(3,4)17-29(27)31-19-41(7,8)21-33(31)35(25)37(23)43(11,12)38-24(2)14-26-28-16-40(5,6)18-30(28)32-20-42(9,10)22-34(32)36(26)38/h23-26,35-38H,13-22H2,1-12H3. The maximum Gasteiger partial charge on any atom is 0.0553 e. The lowest BCUT2D eigenvalue weighted by Crippen LogP contribution is -2.47. The molecule has 8 aliphatic carbocycles. The topological polar surface area (TPSA) is 0 Å². The minimum absolute atomic E-state index is 0.453. The van der Waals surface area contributed by atoms with Gasteiger partial charge in [0.2, 0.25) is 0 Å². The molecule has 2 fully saturated rings. The molecule has 43 heavy (non-hydrogen) atoms. The molecule has 1 heteroatoms. The summed E-state index contributed by atoms with van der Waals surface area (Å²) in [5.74, 6) is 5.22. The number of allylic oxidation sites excluding steroid dienone is 8. The highest BCUT2D eigenvalue weighted by Crippen LogP contribution is 2.73. The van der Waals surface area contributed by atoms with Gasteiger partial charge in [0.1, 0.15) is 0 Å². The van der Waals surface area contributed by atoms with E-state index in [1.807, 2.05) is 44.6 Å². The Morgan fingerprint density at radius 1 is 0.442 bits per heavy atom. The van der Waals surface area contributed by atoms with E-state index in [-0.39, 0.29) is 0 Å². The fraction of sp³-hybridized carbons (Fsp3) is 0.810. The first-order valence-electron chi connectivity index (χ1n) is 18.7. The maximum absolute atomic E-state index is 2.95. The van der Waals surface area contributed by atoms with Gasteiger partial charge >= 0.3 is 0 Å². The normalized spacial score (nSPS) is 43.3. The number of fused-ring (bicyclic) bond motifs is 8. The van der Waals surface area contributed by atoms with E-state index in [2.05, 4.69) is 82.3 Å². The van der Waals surface area contributed by atoms with E-state index in [1.54, 1.807) is 0 Å². The van der Waals surface area contributed by atoms with Crippen LogP contribution in [0.15, 0.2) is 44.6 Å². The first-order chi connectivity index (χ1) is 19.8. The number of rotatable bonds is 2. The third kappa shape index (κ3) is 4.17. The molecular formula is C42H64Si. The zero-order chi connectivity index (χ0) is 30.8. The monoisotopic (exact) mass is 596 g/mol. The molecule has 0 nitrogen and oxygen atoms in total. The summed E-state index contributed by atoms with van der Waals surface area (Å²) in [5.41, 5.74) is 19.2. The van der Waals surface area contributed by atoms with E-state index in [0.29, 0.717) is 21.7 Å². The minimum Gasteiger partial charge on any atom is -0.0689 e. The van der Waals surface area contributed by atoms with Gasteiger partial charge in [0, 0.05) is 0 Å². The van der Waals surface area contributed by atoms with Gasteiger partial charge in [-0.05, 0) is 155 Å². The molecule has 0 heterocycles. The third-order valence-electron chi connectivity index (χ3n) is 15.1. The molecule has 8 aliphatic rings. The first-order valence-corrected chi connectivity index (χ1v) is 21.8. The highest BCUT2D eigenvalue weighted by atomic mass is 28.3. The summed E-state index contributed by atoms with van der Waals surface area (Å²) < 4.78 is 0. The molecule has 8 atom stereocenters. The van der Waals surface area contributed by atoms with E-state index in [1.165, 1.54) is 64.2 Å². The quantitative estimate of drug-likeness (QED) is 0.278. The molecule has 0 saturated heterocycles. The summed E-state index contributed by atoms with van der Waals surface area (Å²) >= 11 is 0. The molecular weight excluding hydrogens is 533 g/mol. The molecule has 8 unspecified atom stereocenters. The summed E-state index contributed by atoms with van der Waals surface area (Å²) in [6, 6.07) is 0. The van der Waals surface area contributed by atoms with Crippen LogP contribution in [0.5, 0.6) is 0 Å². The van der Waals surface area contributed by atoms with Crippen molar-refractivity contribution in [1.29, 1.82) is 0 Å². The van der Waals surface area contributed by atoms with Gasteiger partial charge in [-0.3, -0.25) is 0 Å². The van der Waals surface area contributed by atoms with E-state index < -0.39 is 8.07 Å². The Kier molecular flexibility index (Phi) is 6.01. The van der Waals surface area contributed by atoms with Gasteiger partial charge in [-0.1, -0.05) is 105 Å². The van der Waals surface area contributed by atoms with Crippen LogP contribution in [0.25, 0.3) is 0 Å². The van der Waals surface area contributed by atoms with Crippen LogP contribution in [0.1, 0.15) is 133 Å². The van der Waals surface area contributed by atoms with Crippen molar-refractivity contribution in [3.63, 3.8) is 0 Å². The predicted octanol–water partition coefficient (Wildman–Crippen LogP) is 12.5. The van der Waals surface area contributed by atoms with Crippen LogP contribution in [0, 0.1) is 57.2 Å². The van der Waals surface area contributed by atoms with Gasteiger partial charge in [0.05, 0.1) is 8.07 Å². The van der Waals surface area contributed by atoms with Crippen molar-refractivity contribution in [3.05, 3.63) is 44.6 Å². The van der Waals surface area contributed by atoms with E-state index in [9.17, 15) is 0 Å². The van der Waals surface area contributed by atoms with Crippen molar-refractivity contribution in [1.82, 2.24) is 0 Å². The summed E-state index contributed by atoms with van der Waals surface area (Å²) in [6.07, 6.45) is 13.9. The summed E-state index contributed by atoms with van der Waals surface area (Å²) in [7, 11) is -1.67. The lowest BCUT2D eigenvalue weighted by Gasteiger charge is -2.48. The van der Waals surface area contributed by atoms with Crippen LogP contribution in [-0.2, 0) is 0 Å². The van der Waals surface area contributed by atoms with Crippen LogP contribution in [0.2, 0.25) is 24.2 Å². The number of hydrogen-bond donors (Lipinski definition) is 0. The van der Waals surface area contributed by atoms with Gasteiger partial charge in [-0.15, -0.1) is 0 Å². The zero-order valence-corrected chi connectivity index (χ0v) is 31.2. The largest absolute Gasteiger partial charge is 0.0689 e. The second-order valence-corrected chi connectivity index (χ2v) is 26.6. The van der Waals surface area contributed by atoms with Crippen LogP contribution < -0.4 is 0 Å². The molecule has 0 spiro atoms. The van der Waals surface area contributed by atoms with Crippen LogP contribution in [0.3, 0.4) is 0 Å². The molecule has 8 rings (SSSR count). The Hall–Kier alpha value is -0.823. The highest BCUT2D eigenvalue weighted by molar-refractivity contribution is 6.80. The predicted molar refractivity (Wildman–Crippen MR) is 187 cm³/mol. The molecule has 0 aromatic heterocycles. The third-order valence-corrected chi connectivity index (χ3v) is 20.4. The fourth-order valence-corrected chi connectivity index (χ4v) is 20.9. The Morgan fingerprint density at radius 3 is 1.05 bits per heavy atom. The van der Waals surface area contributed by atoms with E-state index >= 15 is 0 Å². The average molecular weight is 597 g/mol. The lowest BCUT2D eigenvalue weighted by atomic mass is 9.74. The molecule has 0 N–H and O–H groups in total. The molecule has 0 radical (unpaired) electrons. The Balaban J connectivity index is 1.21. The maximum atomic E-state index is 2.95. The molecule has 0 aromatic rings. The fourth-order valence-electron chi connectivity index (χ4n) is 14.5. The van der Waals surface area contributed by atoms with Gasteiger partial charge in [0.15, 0.2) is 0 Å². The molecule has 0 amide bonds. The SMILES string of the molecule is CC1CC2C3=C(CC(C)(C)C3)C3=C(CC(C)(C)C3)C2C1[Si](C)(C)C1C(C)CC2C3=C(CC(C)(C)C3)C3=C(CC(C)(C)C3)C21. The molecule has 0 aliphatic heterocycles. The minimum atomic E-state index is -1.67. The van der Waals surface area contributed by atoms with E-state index in [0.717, 1.165) is 46.6 Å². The van der Waals surface area contributed by atoms with Crippen molar-refractivity contribution in [2.45, 2.75) is 158 Å². The molecule has 0 aromatic carbocycles. The van der Waals surface area contributed by atoms with Gasteiger partial charge < -0.3 is 0 Å². The Morgan fingerprint density at radius 2 is 0.721 bits per heavy atom. The highest BCUT2D eigenvalue weighted by Gasteiger charge is 2.63. The first kappa shape index (κ1) is 29.6. The molecule has 236 valence electrons.